The highest BCUT2D eigenvalue weighted by molar-refractivity contribution is 7.14. The van der Waals surface area contributed by atoms with Crippen molar-refractivity contribution in [2.75, 3.05) is 25.1 Å². The summed E-state index contributed by atoms with van der Waals surface area (Å²) in [6.45, 7) is 1.34. The molecule has 4 amide bonds. The van der Waals surface area contributed by atoms with E-state index in [1.165, 1.54) is 16.2 Å². The van der Waals surface area contributed by atoms with Crippen LogP contribution >= 0.6 is 11.3 Å². The Morgan fingerprint density at radius 2 is 1.66 bits per heavy atom. The number of carbonyl (C=O) groups is 4. The summed E-state index contributed by atoms with van der Waals surface area (Å²) in [6.07, 6.45) is 5.33. The molecule has 2 saturated carbocycles. The number of ether oxygens (including phenoxy) is 2. The van der Waals surface area contributed by atoms with Crippen molar-refractivity contribution in [1.29, 1.82) is 0 Å². The molecule has 4 aliphatic rings. The Kier molecular flexibility index (Phi) is 9.32. The van der Waals surface area contributed by atoms with E-state index in [0.717, 1.165) is 44.1 Å². The third kappa shape index (κ3) is 7.55. The molecule has 0 spiro atoms. The van der Waals surface area contributed by atoms with Crippen LogP contribution in [0.4, 0.5) is 5.13 Å². The van der Waals surface area contributed by atoms with Gasteiger partial charge < -0.3 is 30.3 Å². The van der Waals surface area contributed by atoms with Gasteiger partial charge in [-0.1, -0.05) is 42.5 Å². The van der Waals surface area contributed by atoms with E-state index >= 15 is 0 Å². The number of amides is 4. The quantitative estimate of drug-likeness (QED) is 0.280. The number of rotatable bonds is 11. The van der Waals surface area contributed by atoms with E-state index in [9.17, 15) is 19.2 Å². The monoisotopic (exact) mass is 657 g/mol. The molecule has 3 aromatic rings. The molecule has 7 rings (SSSR count). The van der Waals surface area contributed by atoms with Crippen LogP contribution in [0.2, 0.25) is 0 Å². The zero-order chi connectivity index (χ0) is 32.3. The maximum Gasteiger partial charge on any atom is 0.252 e. The summed E-state index contributed by atoms with van der Waals surface area (Å²) >= 11 is 1.28. The number of carbonyl (C=O) groups excluding carboxylic acids is 4. The molecule has 0 unspecified atom stereocenters. The lowest BCUT2D eigenvalue weighted by molar-refractivity contribution is -0.146. The molecule has 4 fully saturated rings. The molecule has 3 heterocycles. The topological polar surface area (TPSA) is 139 Å². The second-order valence-electron chi connectivity index (χ2n) is 12.8. The van der Waals surface area contributed by atoms with Gasteiger partial charge in [0, 0.05) is 41.7 Å². The van der Waals surface area contributed by atoms with Gasteiger partial charge in [0.15, 0.2) is 5.13 Å². The second-order valence-corrected chi connectivity index (χ2v) is 13.7. The minimum Gasteiger partial charge on any atom is -0.381 e. The van der Waals surface area contributed by atoms with Crippen LogP contribution in [0.25, 0.3) is 11.3 Å². The van der Waals surface area contributed by atoms with Crippen molar-refractivity contribution in [2.24, 2.45) is 11.8 Å². The minimum atomic E-state index is -0.945. The number of hydrogen-bond donors (Lipinski definition) is 3. The summed E-state index contributed by atoms with van der Waals surface area (Å²) in [5.74, 6) is -0.807. The first-order valence-corrected chi connectivity index (χ1v) is 17.4. The van der Waals surface area contributed by atoms with Crippen molar-refractivity contribution in [3.8, 4) is 11.3 Å². The Hall–Kier alpha value is -4.13. The van der Waals surface area contributed by atoms with Gasteiger partial charge in [0.1, 0.15) is 18.3 Å². The lowest BCUT2D eigenvalue weighted by Crippen LogP contribution is -2.52. The summed E-state index contributed by atoms with van der Waals surface area (Å²) in [6, 6.07) is 14.8. The first-order valence-electron chi connectivity index (χ1n) is 16.5. The molecule has 2 aliphatic heterocycles. The van der Waals surface area contributed by atoms with E-state index in [2.05, 4.69) is 20.9 Å². The fraction of sp³-hybridized carbons (Fsp3) is 0.457. The van der Waals surface area contributed by atoms with Crippen LogP contribution in [0.3, 0.4) is 0 Å². The lowest BCUT2D eigenvalue weighted by atomic mass is 9.95. The number of nitrogens with one attached hydrogen (secondary N) is 3. The van der Waals surface area contributed by atoms with E-state index in [-0.39, 0.29) is 42.2 Å². The molecule has 12 heteroatoms. The van der Waals surface area contributed by atoms with Crippen LogP contribution < -0.4 is 16.0 Å². The van der Waals surface area contributed by atoms with Crippen LogP contribution in [0.5, 0.6) is 0 Å². The van der Waals surface area contributed by atoms with Gasteiger partial charge in [-0.25, -0.2) is 4.98 Å². The molecule has 1 aromatic heterocycles. The molecule has 3 atom stereocenters. The Bertz CT molecular complexity index is 1600. The van der Waals surface area contributed by atoms with Gasteiger partial charge in [-0.05, 0) is 68.6 Å². The van der Waals surface area contributed by atoms with Gasteiger partial charge in [-0.2, -0.15) is 0 Å². The van der Waals surface area contributed by atoms with Crippen LogP contribution in [-0.4, -0.2) is 71.6 Å². The highest BCUT2D eigenvalue weighted by Gasteiger charge is 2.46. The summed E-state index contributed by atoms with van der Waals surface area (Å²) in [5.41, 5.74) is 2.73. The minimum absolute atomic E-state index is 0.0339. The molecular weight excluding hydrogens is 618 g/mol. The maximum atomic E-state index is 14.5. The molecule has 11 nitrogen and oxygen atoms in total. The van der Waals surface area contributed by atoms with Gasteiger partial charge in [0.2, 0.25) is 5.91 Å². The zero-order valence-electron chi connectivity index (χ0n) is 26.1. The fourth-order valence-electron chi connectivity index (χ4n) is 6.14. The average Bonchev–Trinajstić information content (AvgIpc) is 4.03. The summed E-state index contributed by atoms with van der Waals surface area (Å²) in [4.78, 5) is 59.8. The average molecular weight is 658 g/mol. The van der Waals surface area contributed by atoms with Crippen LogP contribution in [-0.2, 0) is 23.9 Å². The largest absolute Gasteiger partial charge is 0.381 e. The van der Waals surface area contributed by atoms with E-state index < -0.39 is 24.2 Å². The van der Waals surface area contributed by atoms with Crippen molar-refractivity contribution < 1.29 is 28.7 Å². The predicted octanol–water partition coefficient (Wildman–Crippen LogP) is 4.28. The number of thiazole rings is 1. The Balaban J connectivity index is 1.09. The van der Waals surface area contributed by atoms with Gasteiger partial charge in [-0.15, -0.1) is 11.3 Å². The molecular formula is C35H39N5O6S. The van der Waals surface area contributed by atoms with Crippen molar-refractivity contribution in [3.05, 3.63) is 71.1 Å². The predicted molar refractivity (Wildman–Crippen MR) is 175 cm³/mol. The zero-order valence-corrected chi connectivity index (χ0v) is 26.9. The third-order valence-electron chi connectivity index (χ3n) is 9.23. The van der Waals surface area contributed by atoms with Gasteiger partial charge in [-0.3, -0.25) is 19.2 Å². The SMILES string of the molecule is O=C(NC1CC1)c1ccc(-c2csc(NC(=O)[C@@H]3CO[C@H](CC4CCOCC4)N3C(=O)[C@H](NC(=O)C3CC3)c3ccccc3)n2)cc1. The first kappa shape index (κ1) is 31.5. The van der Waals surface area contributed by atoms with Crippen molar-refractivity contribution in [3.63, 3.8) is 0 Å². The number of benzene rings is 2. The highest BCUT2D eigenvalue weighted by Crippen LogP contribution is 2.34. The fourth-order valence-corrected chi connectivity index (χ4v) is 6.86. The normalized spacial score (nSPS) is 22.0. The van der Waals surface area contributed by atoms with E-state index in [4.69, 9.17) is 9.47 Å². The first-order chi connectivity index (χ1) is 22.9. The van der Waals surface area contributed by atoms with E-state index in [0.29, 0.717) is 41.6 Å². The standard InChI is InChI=1S/C35H39N5O6S/c41-31(36-26-12-13-26)24-8-6-22(7-9-24)27-20-47-35(37-27)39-33(43)28-19-46-29(18-21-14-16-45-17-15-21)40(28)34(44)30(23-4-2-1-3-5-23)38-32(42)25-10-11-25/h1-9,20-21,25-26,28-30H,10-19H2,(H,36,41)(H,38,42)(H,37,39,43)/t28-,29+,30+/m0/s1. The summed E-state index contributed by atoms with van der Waals surface area (Å²) in [7, 11) is 0. The third-order valence-corrected chi connectivity index (χ3v) is 9.99. The summed E-state index contributed by atoms with van der Waals surface area (Å²) < 4.78 is 11.7. The van der Waals surface area contributed by atoms with Crippen molar-refractivity contribution >= 4 is 40.1 Å². The molecule has 47 heavy (non-hydrogen) atoms. The highest BCUT2D eigenvalue weighted by atomic mass is 32.1. The second kappa shape index (κ2) is 13.9. The van der Waals surface area contributed by atoms with Gasteiger partial charge in [0.05, 0.1) is 12.3 Å². The Labute approximate surface area is 277 Å². The number of hydrogen-bond acceptors (Lipinski definition) is 8. The Morgan fingerprint density at radius 1 is 0.915 bits per heavy atom. The maximum absolute atomic E-state index is 14.5. The van der Waals surface area contributed by atoms with Crippen LogP contribution in [0.1, 0.15) is 66.9 Å². The van der Waals surface area contributed by atoms with Crippen LogP contribution in [0, 0.1) is 11.8 Å². The molecule has 2 aliphatic carbocycles. The smallest absolute Gasteiger partial charge is 0.252 e. The van der Waals surface area contributed by atoms with Crippen molar-refractivity contribution in [2.45, 2.75) is 69.3 Å². The van der Waals surface area contributed by atoms with Crippen LogP contribution in [0.15, 0.2) is 60.0 Å². The van der Waals surface area contributed by atoms with Crippen molar-refractivity contribution in [1.82, 2.24) is 20.5 Å². The molecule has 2 saturated heterocycles. The van der Waals surface area contributed by atoms with Gasteiger partial charge >= 0.3 is 0 Å². The van der Waals surface area contributed by atoms with E-state index in [1.54, 1.807) is 12.1 Å². The molecule has 3 N–H and O–H groups in total. The lowest BCUT2D eigenvalue weighted by Gasteiger charge is -2.33. The Morgan fingerprint density at radius 3 is 2.36 bits per heavy atom. The summed E-state index contributed by atoms with van der Waals surface area (Å²) in [5, 5.41) is 11.1. The van der Waals surface area contributed by atoms with E-state index in [1.807, 2.05) is 47.8 Å². The molecule has 0 radical (unpaired) electrons. The van der Waals surface area contributed by atoms with Gasteiger partial charge in [0.25, 0.3) is 17.7 Å². The molecule has 2 aromatic carbocycles. The number of nitrogens with zero attached hydrogens (tertiary/aromatic N) is 2. The molecule has 0 bridgehead atoms. The molecule has 246 valence electrons. The number of anilines is 1. The number of aromatic nitrogens is 1.